The van der Waals surface area contributed by atoms with E-state index in [0.29, 0.717) is 36.9 Å². The van der Waals surface area contributed by atoms with Crippen LogP contribution in [0.25, 0.3) is 0 Å². The fourth-order valence-corrected chi connectivity index (χ4v) is 3.43. The van der Waals surface area contributed by atoms with E-state index in [1.165, 1.54) is 0 Å². The van der Waals surface area contributed by atoms with Gasteiger partial charge in [0.25, 0.3) is 0 Å². The number of halogens is 1. The first-order chi connectivity index (χ1) is 12.5. The number of carbonyl (C=O) groups is 2. The van der Waals surface area contributed by atoms with Gasteiger partial charge in [0, 0.05) is 32.4 Å². The van der Waals surface area contributed by atoms with Gasteiger partial charge in [0.2, 0.25) is 0 Å². The van der Waals surface area contributed by atoms with Gasteiger partial charge < -0.3 is 15.1 Å². The summed E-state index contributed by atoms with van der Waals surface area (Å²) < 4.78 is 0. The molecule has 7 heteroatoms. The van der Waals surface area contributed by atoms with Crippen molar-refractivity contribution in [3.63, 3.8) is 0 Å². The van der Waals surface area contributed by atoms with Crippen molar-refractivity contribution in [3.8, 4) is 0 Å². The maximum Gasteiger partial charge on any atom is 0.313 e. The molecular formula is C19H21ClN4O2. The van der Waals surface area contributed by atoms with Crippen LogP contribution in [0.3, 0.4) is 0 Å². The second kappa shape index (κ2) is 7.74. The van der Waals surface area contributed by atoms with Crippen molar-refractivity contribution >= 4 is 34.9 Å². The molecular weight excluding hydrogens is 352 g/mol. The normalized spacial score (nSPS) is 14.3. The van der Waals surface area contributed by atoms with E-state index in [9.17, 15) is 9.59 Å². The van der Waals surface area contributed by atoms with E-state index in [-0.39, 0.29) is 0 Å². The number of rotatable bonds is 2. The van der Waals surface area contributed by atoms with Crippen LogP contribution in [0.1, 0.15) is 11.1 Å². The number of hydrogen-bond acceptors (Lipinski definition) is 4. The number of aryl methyl sites for hydroxylation is 2. The van der Waals surface area contributed by atoms with Crippen molar-refractivity contribution in [2.24, 2.45) is 0 Å². The first-order valence-electron chi connectivity index (χ1n) is 8.48. The average molecular weight is 373 g/mol. The van der Waals surface area contributed by atoms with Crippen molar-refractivity contribution in [1.29, 1.82) is 0 Å². The second-order valence-electron chi connectivity index (χ2n) is 6.36. The third-order valence-electron chi connectivity index (χ3n) is 4.40. The maximum absolute atomic E-state index is 12.5. The van der Waals surface area contributed by atoms with E-state index in [1.807, 2.05) is 38.1 Å². The summed E-state index contributed by atoms with van der Waals surface area (Å²) >= 11 is 6.20. The minimum absolute atomic E-state index is 0.434. The highest BCUT2D eigenvalue weighted by atomic mass is 35.5. The average Bonchev–Trinajstić information content (AvgIpc) is 2.64. The first kappa shape index (κ1) is 18.2. The van der Waals surface area contributed by atoms with Crippen LogP contribution in [-0.2, 0) is 9.59 Å². The molecule has 0 saturated carbocycles. The highest BCUT2D eigenvalue weighted by Gasteiger charge is 2.27. The summed E-state index contributed by atoms with van der Waals surface area (Å²) in [4.78, 5) is 32.8. The lowest BCUT2D eigenvalue weighted by Gasteiger charge is -2.35. The summed E-state index contributed by atoms with van der Waals surface area (Å²) in [6, 6.07) is 9.41. The minimum atomic E-state index is -0.662. The predicted molar refractivity (Wildman–Crippen MR) is 103 cm³/mol. The van der Waals surface area contributed by atoms with E-state index in [0.717, 1.165) is 16.9 Å². The Morgan fingerprint density at radius 1 is 1.12 bits per heavy atom. The van der Waals surface area contributed by atoms with Gasteiger partial charge in [0.1, 0.15) is 5.82 Å². The fourth-order valence-electron chi connectivity index (χ4n) is 3.06. The number of amides is 2. The summed E-state index contributed by atoms with van der Waals surface area (Å²) in [7, 11) is 0. The summed E-state index contributed by atoms with van der Waals surface area (Å²) in [6.45, 7) is 6.01. The lowest BCUT2D eigenvalue weighted by Crippen LogP contribution is -2.51. The molecule has 1 N–H and O–H groups in total. The quantitative estimate of drug-likeness (QED) is 0.823. The zero-order valence-corrected chi connectivity index (χ0v) is 15.6. The summed E-state index contributed by atoms with van der Waals surface area (Å²) in [6.07, 6.45) is 1.74. The molecule has 0 aliphatic carbocycles. The van der Waals surface area contributed by atoms with Crippen molar-refractivity contribution < 1.29 is 9.59 Å². The van der Waals surface area contributed by atoms with Crippen LogP contribution in [-0.4, -0.2) is 47.9 Å². The molecule has 6 nitrogen and oxygen atoms in total. The Morgan fingerprint density at radius 3 is 2.46 bits per heavy atom. The highest BCUT2D eigenvalue weighted by Crippen LogP contribution is 2.27. The number of piperazine rings is 1. The van der Waals surface area contributed by atoms with Crippen molar-refractivity contribution in [2.45, 2.75) is 13.8 Å². The molecule has 1 aromatic carbocycles. The topological polar surface area (TPSA) is 65.5 Å². The molecule has 0 radical (unpaired) electrons. The number of benzene rings is 1. The Bertz CT molecular complexity index is 795. The van der Waals surface area contributed by atoms with Crippen LogP contribution in [0.15, 0.2) is 36.5 Å². The Kier molecular flexibility index (Phi) is 5.42. The first-order valence-corrected chi connectivity index (χ1v) is 8.86. The largest absolute Gasteiger partial charge is 0.353 e. The molecule has 1 saturated heterocycles. The lowest BCUT2D eigenvalue weighted by molar-refractivity contribution is -0.143. The van der Waals surface area contributed by atoms with Gasteiger partial charge in [-0.05, 0) is 43.2 Å². The number of carbonyl (C=O) groups excluding carboxylic acids is 2. The Hall–Kier alpha value is -2.60. The summed E-state index contributed by atoms with van der Waals surface area (Å²) in [5.74, 6) is -0.321. The molecule has 3 rings (SSSR count). The van der Waals surface area contributed by atoms with Crippen LogP contribution in [0.4, 0.5) is 11.5 Å². The Morgan fingerprint density at radius 2 is 1.85 bits per heavy atom. The zero-order valence-electron chi connectivity index (χ0n) is 14.8. The smallest absolute Gasteiger partial charge is 0.313 e. The third-order valence-corrected chi connectivity index (χ3v) is 4.70. The van der Waals surface area contributed by atoms with Gasteiger partial charge in [-0.1, -0.05) is 23.7 Å². The van der Waals surface area contributed by atoms with Crippen LogP contribution < -0.4 is 10.2 Å². The van der Waals surface area contributed by atoms with Gasteiger partial charge in [0.05, 0.1) is 10.7 Å². The molecule has 136 valence electrons. The molecule has 2 amide bonds. The monoisotopic (exact) mass is 372 g/mol. The van der Waals surface area contributed by atoms with E-state index < -0.39 is 11.8 Å². The molecule has 0 atom stereocenters. The molecule has 0 spiro atoms. The van der Waals surface area contributed by atoms with Crippen molar-refractivity contribution in [1.82, 2.24) is 9.88 Å². The number of aromatic nitrogens is 1. The number of pyridine rings is 1. The zero-order chi connectivity index (χ0) is 18.7. The highest BCUT2D eigenvalue weighted by molar-refractivity contribution is 6.41. The number of nitrogens with zero attached hydrogens (tertiary/aromatic N) is 3. The van der Waals surface area contributed by atoms with E-state index in [2.05, 4.69) is 15.2 Å². The molecule has 1 aromatic heterocycles. The predicted octanol–water partition coefficient (Wildman–Crippen LogP) is 2.64. The Labute approximate surface area is 157 Å². The molecule has 1 aliphatic heterocycles. The second-order valence-corrected chi connectivity index (χ2v) is 6.77. The van der Waals surface area contributed by atoms with E-state index >= 15 is 0 Å². The fraction of sp³-hybridized carbons (Fsp3) is 0.316. The molecule has 1 aliphatic rings. The van der Waals surface area contributed by atoms with Gasteiger partial charge >= 0.3 is 11.8 Å². The van der Waals surface area contributed by atoms with Crippen molar-refractivity contribution in [3.05, 3.63) is 52.7 Å². The molecule has 0 bridgehead atoms. The number of anilines is 2. The van der Waals surface area contributed by atoms with Crippen LogP contribution in [0, 0.1) is 13.8 Å². The van der Waals surface area contributed by atoms with Gasteiger partial charge in [-0.2, -0.15) is 0 Å². The van der Waals surface area contributed by atoms with Gasteiger partial charge in [-0.25, -0.2) is 4.98 Å². The molecule has 26 heavy (non-hydrogen) atoms. The van der Waals surface area contributed by atoms with Crippen LogP contribution in [0.2, 0.25) is 5.02 Å². The molecule has 2 aromatic rings. The van der Waals surface area contributed by atoms with Gasteiger partial charge in [0.15, 0.2) is 0 Å². The maximum atomic E-state index is 12.5. The van der Waals surface area contributed by atoms with E-state index in [1.54, 1.807) is 17.2 Å². The Balaban J connectivity index is 1.61. The SMILES string of the molecule is Cc1cc(C)c(NC(=O)C(=O)N2CCN(c3ccccn3)CC2)c(Cl)c1. The standard InChI is InChI=1S/C19H21ClN4O2/c1-13-11-14(2)17(15(20)12-13)22-18(25)19(26)24-9-7-23(8-10-24)16-5-3-4-6-21-16/h3-6,11-12H,7-10H2,1-2H3,(H,22,25). The van der Waals surface area contributed by atoms with Gasteiger partial charge in [-0.3, -0.25) is 9.59 Å². The van der Waals surface area contributed by atoms with Crippen LogP contribution in [0.5, 0.6) is 0 Å². The summed E-state index contributed by atoms with van der Waals surface area (Å²) in [5, 5.41) is 3.09. The molecule has 1 fully saturated rings. The van der Waals surface area contributed by atoms with Crippen molar-refractivity contribution in [2.75, 3.05) is 36.4 Å². The third kappa shape index (κ3) is 3.96. The summed E-state index contributed by atoms with van der Waals surface area (Å²) in [5.41, 5.74) is 2.32. The molecule has 0 unspecified atom stereocenters. The number of nitrogens with one attached hydrogen (secondary N) is 1. The van der Waals surface area contributed by atoms with Gasteiger partial charge in [-0.15, -0.1) is 0 Å². The molecule has 2 heterocycles. The van der Waals surface area contributed by atoms with Crippen LogP contribution >= 0.6 is 11.6 Å². The minimum Gasteiger partial charge on any atom is -0.353 e. The lowest BCUT2D eigenvalue weighted by atomic mass is 10.1. The number of hydrogen-bond donors (Lipinski definition) is 1. The van der Waals surface area contributed by atoms with E-state index in [4.69, 9.17) is 11.6 Å².